The van der Waals surface area contributed by atoms with E-state index in [1.54, 1.807) is 29.2 Å². The molecular weight excluding hydrogens is 422 g/mol. The van der Waals surface area contributed by atoms with Crippen LogP contribution < -0.4 is 0 Å². The lowest BCUT2D eigenvalue weighted by Crippen LogP contribution is -2.51. The maximum Gasteiger partial charge on any atom is 0.262 e. The van der Waals surface area contributed by atoms with Gasteiger partial charge in [-0.15, -0.1) is 0 Å². The fraction of sp³-hybridized carbons (Fsp3) is 0.292. The van der Waals surface area contributed by atoms with E-state index in [0.717, 1.165) is 16.0 Å². The summed E-state index contributed by atoms with van der Waals surface area (Å²) in [7, 11) is 0. The molecule has 3 aromatic rings. The zero-order valence-electron chi connectivity index (χ0n) is 18.2. The molecular formula is C24H23N5O4. The summed E-state index contributed by atoms with van der Waals surface area (Å²) in [5.41, 5.74) is 2.71. The summed E-state index contributed by atoms with van der Waals surface area (Å²) in [6.45, 7) is 4.59. The van der Waals surface area contributed by atoms with Gasteiger partial charge in [0.25, 0.3) is 17.7 Å². The molecule has 2 aliphatic heterocycles. The number of benzene rings is 2. The minimum atomic E-state index is -0.413. The molecule has 2 aromatic carbocycles. The molecule has 33 heavy (non-hydrogen) atoms. The van der Waals surface area contributed by atoms with Gasteiger partial charge in [0.2, 0.25) is 5.91 Å². The van der Waals surface area contributed by atoms with Crippen LogP contribution in [-0.2, 0) is 11.3 Å². The highest BCUT2D eigenvalue weighted by Crippen LogP contribution is 2.23. The fourth-order valence-corrected chi connectivity index (χ4v) is 4.19. The van der Waals surface area contributed by atoms with Gasteiger partial charge in [0.1, 0.15) is 6.54 Å². The van der Waals surface area contributed by atoms with E-state index in [9.17, 15) is 14.4 Å². The topological polar surface area (TPSA) is 99.9 Å². The van der Waals surface area contributed by atoms with Gasteiger partial charge < -0.3 is 9.42 Å². The molecule has 0 atom stereocenters. The van der Waals surface area contributed by atoms with Gasteiger partial charge in [0.15, 0.2) is 5.82 Å². The Kier molecular flexibility index (Phi) is 5.47. The van der Waals surface area contributed by atoms with Crippen LogP contribution in [0.25, 0.3) is 11.5 Å². The number of aromatic nitrogens is 2. The average Bonchev–Trinajstić information content (AvgIpc) is 3.39. The van der Waals surface area contributed by atoms with Crippen LogP contribution in [0.1, 0.15) is 32.1 Å². The van der Waals surface area contributed by atoms with Gasteiger partial charge in [0, 0.05) is 31.7 Å². The van der Waals surface area contributed by atoms with Crippen molar-refractivity contribution in [1.29, 1.82) is 0 Å². The van der Waals surface area contributed by atoms with Crippen LogP contribution in [0.2, 0.25) is 0 Å². The van der Waals surface area contributed by atoms with E-state index >= 15 is 0 Å². The molecule has 0 spiro atoms. The maximum atomic E-state index is 12.8. The molecule has 2 aliphatic rings. The number of fused-ring (bicyclic) bond motifs is 1. The van der Waals surface area contributed by atoms with Gasteiger partial charge in [-0.2, -0.15) is 4.98 Å². The lowest BCUT2D eigenvalue weighted by molar-refractivity contribution is -0.133. The number of piperazine rings is 1. The minimum absolute atomic E-state index is 0.231. The second-order valence-electron chi connectivity index (χ2n) is 8.28. The monoisotopic (exact) mass is 445 g/mol. The number of carbonyl (C=O) groups is 3. The Morgan fingerprint density at radius 1 is 0.970 bits per heavy atom. The Morgan fingerprint density at radius 2 is 1.67 bits per heavy atom. The van der Waals surface area contributed by atoms with Crippen LogP contribution in [0.4, 0.5) is 0 Å². The number of amides is 3. The van der Waals surface area contributed by atoms with Gasteiger partial charge in [-0.05, 0) is 31.2 Å². The number of imide groups is 1. The van der Waals surface area contributed by atoms with E-state index in [0.29, 0.717) is 55.6 Å². The molecule has 5 rings (SSSR count). The van der Waals surface area contributed by atoms with E-state index < -0.39 is 11.8 Å². The molecule has 0 saturated carbocycles. The van der Waals surface area contributed by atoms with Crippen LogP contribution in [0.5, 0.6) is 0 Å². The van der Waals surface area contributed by atoms with Crippen molar-refractivity contribution in [3.63, 3.8) is 0 Å². The summed E-state index contributed by atoms with van der Waals surface area (Å²) in [6.07, 6.45) is 0. The summed E-state index contributed by atoms with van der Waals surface area (Å²) in [6, 6.07) is 14.5. The zero-order valence-corrected chi connectivity index (χ0v) is 18.2. The molecule has 0 bridgehead atoms. The molecule has 0 unspecified atom stereocenters. The van der Waals surface area contributed by atoms with Crippen LogP contribution in [0, 0.1) is 6.92 Å². The smallest absolute Gasteiger partial charge is 0.262 e. The molecule has 9 heteroatoms. The lowest BCUT2D eigenvalue weighted by atomic mass is 10.1. The highest BCUT2D eigenvalue weighted by Gasteiger charge is 2.37. The van der Waals surface area contributed by atoms with Gasteiger partial charge in [0.05, 0.1) is 17.7 Å². The van der Waals surface area contributed by atoms with Gasteiger partial charge in [-0.3, -0.25) is 24.2 Å². The summed E-state index contributed by atoms with van der Waals surface area (Å²) in [5.74, 6) is 0.0272. The predicted molar refractivity (Wildman–Crippen MR) is 118 cm³/mol. The largest absolute Gasteiger partial charge is 0.339 e. The Bertz CT molecular complexity index is 1190. The normalized spacial score (nSPS) is 16.4. The first-order chi connectivity index (χ1) is 16.0. The molecule has 3 heterocycles. The number of rotatable bonds is 5. The molecule has 9 nitrogen and oxygen atoms in total. The molecule has 1 fully saturated rings. The van der Waals surface area contributed by atoms with E-state index in [1.807, 2.05) is 31.2 Å². The highest BCUT2D eigenvalue weighted by molar-refractivity contribution is 6.22. The van der Waals surface area contributed by atoms with Crippen molar-refractivity contribution in [2.75, 3.05) is 32.7 Å². The van der Waals surface area contributed by atoms with Gasteiger partial charge in [-0.25, -0.2) is 0 Å². The fourth-order valence-electron chi connectivity index (χ4n) is 4.19. The van der Waals surface area contributed by atoms with Crippen LogP contribution >= 0.6 is 0 Å². The van der Waals surface area contributed by atoms with E-state index in [-0.39, 0.29) is 12.5 Å². The van der Waals surface area contributed by atoms with Crippen molar-refractivity contribution >= 4 is 17.7 Å². The minimum Gasteiger partial charge on any atom is -0.339 e. The van der Waals surface area contributed by atoms with Gasteiger partial charge in [-0.1, -0.05) is 35.0 Å². The second-order valence-corrected chi connectivity index (χ2v) is 8.28. The summed E-state index contributed by atoms with van der Waals surface area (Å²) < 4.78 is 5.41. The van der Waals surface area contributed by atoms with Crippen molar-refractivity contribution < 1.29 is 18.9 Å². The van der Waals surface area contributed by atoms with Crippen LogP contribution in [0.3, 0.4) is 0 Å². The van der Waals surface area contributed by atoms with Crippen LogP contribution in [0.15, 0.2) is 53.1 Å². The molecule has 1 aromatic heterocycles. The summed E-state index contributed by atoms with van der Waals surface area (Å²) >= 11 is 0. The molecule has 1 saturated heterocycles. The Balaban J connectivity index is 1.15. The van der Waals surface area contributed by atoms with Gasteiger partial charge >= 0.3 is 0 Å². The SMILES string of the molecule is Cc1cccc(-c2nc(CN3CCN(C(=O)CN4C(=O)c5ccccc5C4=O)CC3)no2)c1. The third-order valence-electron chi connectivity index (χ3n) is 5.99. The van der Waals surface area contributed by atoms with Crippen LogP contribution in [-0.4, -0.2) is 75.3 Å². The summed E-state index contributed by atoms with van der Waals surface area (Å²) in [5, 5.41) is 4.09. The van der Waals surface area contributed by atoms with E-state index in [2.05, 4.69) is 15.0 Å². The number of nitrogens with zero attached hydrogens (tertiary/aromatic N) is 5. The summed E-state index contributed by atoms with van der Waals surface area (Å²) in [4.78, 5) is 47.1. The average molecular weight is 445 g/mol. The Morgan fingerprint density at radius 3 is 2.33 bits per heavy atom. The molecule has 168 valence electrons. The predicted octanol–water partition coefficient (Wildman–Crippen LogP) is 1.99. The number of hydrogen-bond donors (Lipinski definition) is 0. The van der Waals surface area contributed by atoms with Crippen molar-refractivity contribution in [3.05, 3.63) is 71.0 Å². The number of carbonyl (C=O) groups excluding carboxylic acids is 3. The Labute approximate surface area is 190 Å². The second kappa shape index (κ2) is 8.59. The van der Waals surface area contributed by atoms with Crippen molar-refractivity contribution in [2.24, 2.45) is 0 Å². The highest BCUT2D eigenvalue weighted by atomic mass is 16.5. The Hall–Kier alpha value is -3.85. The van der Waals surface area contributed by atoms with E-state index in [4.69, 9.17) is 4.52 Å². The van der Waals surface area contributed by atoms with Crippen molar-refractivity contribution in [2.45, 2.75) is 13.5 Å². The molecule has 0 N–H and O–H groups in total. The third kappa shape index (κ3) is 4.14. The standard InChI is InChI=1S/C24H23N5O4/c1-16-5-4-6-17(13-16)22-25-20(26-33-22)14-27-9-11-28(12-10-27)21(30)15-29-23(31)18-7-2-3-8-19(18)24(29)32/h2-8,13H,9-12,14-15H2,1H3. The van der Waals surface area contributed by atoms with Crippen molar-refractivity contribution in [1.82, 2.24) is 24.8 Å². The maximum absolute atomic E-state index is 12.8. The third-order valence-corrected chi connectivity index (χ3v) is 5.99. The molecule has 0 aliphatic carbocycles. The zero-order chi connectivity index (χ0) is 22.9. The number of aryl methyl sites for hydroxylation is 1. The molecule has 3 amide bonds. The molecule has 0 radical (unpaired) electrons. The lowest BCUT2D eigenvalue weighted by Gasteiger charge is -2.34. The first kappa shape index (κ1) is 21.0. The quantitative estimate of drug-likeness (QED) is 0.554. The van der Waals surface area contributed by atoms with E-state index in [1.165, 1.54) is 0 Å². The first-order valence-electron chi connectivity index (χ1n) is 10.8. The van der Waals surface area contributed by atoms with Crippen molar-refractivity contribution in [3.8, 4) is 11.5 Å². The number of hydrogen-bond acceptors (Lipinski definition) is 7. The first-order valence-corrected chi connectivity index (χ1v) is 10.8.